The Hall–Kier alpha value is -2.54. The van der Waals surface area contributed by atoms with Crippen LogP contribution in [0, 0.1) is 0 Å². The fourth-order valence-corrected chi connectivity index (χ4v) is 2.85. The van der Waals surface area contributed by atoms with Gasteiger partial charge in [-0.2, -0.15) is 0 Å². The number of rotatable bonds is 2. The third kappa shape index (κ3) is 2.02. The number of fused-ring (bicyclic) bond motifs is 3. The van der Waals surface area contributed by atoms with Crippen molar-refractivity contribution in [2.45, 2.75) is 13.3 Å². The summed E-state index contributed by atoms with van der Waals surface area (Å²) in [6.45, 7) is 2.16. The summed E-state index contributed by atoms with van der Waals surface area (Å²) in [5.74, 6) is 0. The van der Waals surface area contributed by atoms with E-state index in [1.165, 1.54) is 27.5 Å². The number of benzene rings is 3. The minimum Gasteiger partial charge on any atom is -0.456 e. The monoisotopic (exact) mass is 272 g/mol. The third-order valence-electron chi connectivity index (χ3n) is 4.05. The van der Waals surface area contributed by atoms with Gasteiger partial charge in [-0.05, 0) is 41.3 Å². The van der Waals surface area contributed by atoms with Gasteiger partial charge < -0.3 is 4.42 Å². The van der Waals surface area contributed by atoms with Gasteiger partial charge in [0.1, 0.15) is 11.2 Å². The van der Waals surface area contributed by atoms with E-state index in [0.29, 0.717) is 0 Å². The summed E-state index contributed by atoms with van der Waals surface area (Å²) < 4.78 is 6.06. The molecule has 0 fully saturated rings. The Bertz CT molecular complexity index is 917. The lowest BCUT2D eigenvalue weighted by molar-refractivity contribution is 0.668. The molecule has 21 heavy (non-hydrogen) atoms. The van der Waals surface area contributed by atoms with E-state index in [1.807, 2.05) is 6.07 Å². The van der Waals surface area contributed by atoms with E-state index in [2.05, 4.69) is 67.6 Å². The van der Waals surface area contributed by atoms with Gasteiger partial charge in [0.05, 0.1) is 0 Å². The van der Waals surface area contributed by atoms with Crippen LogP contribution in [0.1, 0.15) is 12.5 Å². The van der Waals surface area contributed by atoms with Gasteiger partial charge in [-0.15, -0.1) is 0 Å². The van der Waals surface area contributed by atoms with Gasteiger partial charge in [-0.1, -0.05) is 55.5 Å². The molecule has 0 radical (unpaired) electrons. The first-order chi connectivity index (χ1) is 10.3. The Balaban J connectivity index is 1.94. The van der Waals surface area contributed by atoms with Gasteiger partial charge in [0.15, 0.2) is 0 Å². The fraction of sp³-hybridized carbons (Fsp3) is 0.100. The van der Waals surface area contributed by atoms with Gasteiger partial charge in [0.25, 0.3) is 0 Å². The molecule has 1 nitrogen and oxygen atoms in total. The zero-order chi connectivity index (χ0) is 14.2. The maximum atomic E-state index is 6.06. The molecule has 102 valence electrons. The molecule has 3 aromatic carbocycles. The quantitative estimate of drug-likeness (QED) is 0.448. The summed E-state index contributed by atoms with van der Waals surface area (Å²) in [6.07, 6.45) is 1.03. The van der Waals surface area contributed by atoms with Crippen LogP contribution in [0.4, 0.5) is 0 Å². The zero-order valence-corrected chi connectivity index (χ0v) is 12.0. The van der Waals surface area contributed by atoms with Gasteiger partial charge in [0, 0.05) is 10.8 Å². The second kappa shape index (κ2) is 4.78. The summed E-state index contributed by atoms with van der Waals surface area (Å²) in [5.41, 5.74) is 5.66. The van der Waals surface area contributed by atoms with Crippen molar-refractivity contribution < 1.29 is 4.42 Å². The van der Waals surface area contributed by atoms with E-state index < -0.39 is 0 Å². The van der Waals surface area contributed by atoms with Crippen molar-refractivity contribution in [1.29, 1.82) is 0 Å². The maximum absolute atomic E-state index is 6.06. The van der Waals surface area contributed by atoms with Crippen LogP contribution < -0.4 is 0 Å². The first kappa shape index (κ1) is 12.2. The Morgan fingerprint density at radius 1 is 0.714 bits per heavy atom. The average molecular weight is 272 g/mol. The van der Waals surface area contributed by atoms with Crippen molar-refractivity contribution in [3.63, 3.8) is 0 Å². The highest BCUT2D eigenvalue weighted by atomic mass is 16.3. The van der Waals surface area contributed by atoms with E-state index in [9.17, 15) is 0 Å². The molecule has 0 bridgehead atoms. The van der Waals surface area contributed by atoms with Gasteiger partial charge in [-0.3, -0.25) is 0 Å². The molecule has 0 aliphatic heterocycles. The van der Waals surface area contributed by atoms with Crippen LogP contribution in [0.2, 0.25) is 0 Å². The highest BCUT2D eigenvalue weighted by Gasteiger charge is 2.08. The summed E-state index contributed by atoms with van der Waals surface area (Å²) in [7, 11) is 0. The first-order valence-corrected chi connectivity index (χ1v) is 7.36. The van der Waals surface area contributed by atoms with E-state index >= 15 is 0 Å². The van der Waals surface area contributed by atoms with E-state index in [0.717, 1.165) is 17.6 Å². The lowest BCUT2D eigenvalue weighted by atomic mass is 10.0. The molecular weight excluding hydrogens is 256 g/mol. The second-order valence-corrected chi connectivity index (χ2v) is 5.36. The minimum absolute atomic E-state index is 0.958. The number of furan rings is 1. The van der Waals surface area contributed by atoms with E-state index in [1.54, 1.807) is 0 Å². The van der Waals surface area contributed by atoms with Crippen molar-refractivity contribution in [2.24, 2.45) is 0 Å². The van der Waals surface area contributed by atoms with Crippen LogP contribution in [0.5, 0.6) is 0 Å². The lowest BCUT2D eigenvalue weighted by Crippen LogP contribution is -1.77. The number of hydrogen-bond acceptors (Lipinski definition) is 1. The lowest BCUT2D eigenvalue weighted by Gasteiger charge is -2.00. The van der Waals surface area contributed by atoms with Crippen molar-refractivity contribution in [2.75, 3.05) is 0 Å². The summed E-state index contributed by atoms with van der Waals surface area (Å²) in [4.78, 5) is 0. The highest BCUT2D eigenvalue weighted by molar-refractivity contribution is 6.06. The predicted octanol–water partition coefficient (Wildman–Crippen LogP) is 5.82. The predicted molar refractivity (Wildman–Crippen MR) is 88.5 cm³/mol. The largest absolute Gasteiger partial charge is 0.456 e. The van der Waals surface area contributed by atoms with Crippen LogP contribution in [-0.4, -0.2) is 0 Å². The van der Waals surface area contributed by atoms with Crippen molar-refractivity contribution >= 4 is 21.9 Å². The molecule has 0 aliphatic carbocycles. The van der Waals surface area contributed by atoms with Crippen molar-refractivity contribution in [1.82, 2.24) is 0 Å². The molecule has 0 atom stereocenters. The van der Waals surface area contributed by atoms with Crippen LogP contribution in [0.3, 0.4) is 0 Å². The van der Waals surface area contributed by atoms with Crippen LogP contribution in [0.15, 0.2) is 71.1 Å². The summed E-state index contributed by atoms with van der Waals surface area (Å²) in [6, 6.07) is 23.4. The molecule has 1 heteroatoms. The molecule has 0 amide bonds. The van der Waals surface area contributed by atoms with E-state index in [4.69, 9.17) is 4.42 Å². The topological polar surface area (TPSA) is 13.1 Å². The average Bonchev–Trinajstić information content (AvgIpc) is 2.92. The maximum Gasteiger partial charge on any atom is 0.136 e. The molecule has 1 heterocycles. The number of aryl methyl sites for hydroxylation is 1. The first-order valence-electron chi connectivity index (χ1n) is 7.36. The molecular formula is C20H16O. The molecule has 0 saturated carbocycles. The molecule has 4 rings (SSSR count). The van der Waals surface area contributed by atoms with Gasteiger partial charge in [-0.25, -0.2) is 0 Å². The van der Waals surface area contributed by atoms with Crippen LogP contribution in [0.25, 0.3) is 33.1 Å². The summed E-state index contributed by atoms with van der Waals surface area (Å²) in [5, 5.41) is 2.38. The number of hydrogen-bond donors (Lipinski definition) is 0. The fourth-order valence-electron chi connectivity index (χ4n) is 2.85. The molecule has 4 aromatic rings. The minimum atomic E-state index is 0.958. The second-order valence-electron chi connectivity index (χ2n) is 5.36. The van der Waals surface area contributed by atoms with E-state index in [-0.39, 0.29) is 0 Å². The Morgan fingerprint density at radius 2 is 1.43 bits per heavy atom. The van der Waals surface area contributed by atoms with Crippen LogP contribution in [-0.2, 0) is 6.42 Å². The molecule has 1 aromatic heterocycles. The van der Waals surface area contributed by atoms with Gasteiger partial charge >= 0.3 is 0 Å². The molecule has 0 N–H and O–H groups in total. The Kier molecular flexibility index (Phi) is 2.78. The van der Waals surface area contributed by atoms with Gasteiger partial charge in [0.2, 0.25) is 0 Å². The normalized spacial score (nSPS) is 11.3. The van der Waals surface area contributed by atoms with Crippen LogP contribution >= 0.6 is 0 Å². The SMILES string of the molecule is CCc1ccc2c(c1)oc1cc(-c3ccccc3)ccc12. The standard InChI is InChI=1S/C20H16O/c1-2-14-8-10-17-18-11-9-16(15-6-4-3-5-7-15)13-20(18)21-19(17)12-14/h3-13H,2H2,1H3. The summed E-state index contributed by atoms with van der Waals surface area (Å²) >= 11 is 0. The smallest absolute Gasteiger partial charge is 0.136 e. The molecule has 0 aliphatic rings. The Labute approximate surface area is 123 Å². The molecule has 0 unspecified atom stereocenters. The third-order valence-corrected chi connectivity index (χ3v) is 4.05. The Morgan fingerprint density at radius 3 is 2.19 bits per heavy atom. The van der Waals surface area contributed by atoms with Crippen molar-refractivity contribution in [3.05, 3.63) is 72.3 Å². The molecule has 0 saturated heterocycles. The zero-order valence-electron chi connectivity index (χ0n) is 12.0. The van der Waals surface area contributed by atoms with Crippen molar-refractivity contribution in [3.8, 4) is 11.1 Å². The highest BCUT2D eigenvalue weighted by Crippen LogP contribution is 2.32. The molecule has 0 spiro atoms.